The molecule has 9 nitrogen and oxygen atoms in total. The third-order valence-corrected chi connectivity index (χ3v) is 6.87. The van der Waals surface area contributed by atoms with E-state index in [0.717, 1.165) is 29.6 Å². The third kappa shape index (κ3) is 4.91. The number of rotatable bonds is 6. The molecule has 2 N–H and O–H groups in total. The van der Waals surface area contributed by atoms with Gasteiger partial charge < -0.3 is 9.73 Å². The minimum Gasteiger partial charge on any atom is -0.455 e. The van der Waals surface area contributed by atoms with Crippen LogP contribution in [0.4, 0.5) is 14.5 Å². The van der Waals surface area contributed by atoms with E-state index in [2.05, 4.69) is 10.4 Å². The number of fused-ring (bicyclic) bond motifs is 1. The highest BCUT2D eigenvalue weighted by molar-refractivity contribution is 7.89. The maximum absolute atomic E-state index is 14.7. The Morgan fingerprint density at radius 1 is 1.16 bits per heavy atom. The summed E-state index contributed by atoms with van der Waals surface area (Å²) >= 11 is 0. The Hall–Kier alpha value is -4.06. The maximum atomic E-state index is 14.7. The Labute approximate surface area is 217 Å². The van der Waals surface area contributed by atoms with E-state index in [0.29, 0.717) is 27.8 Å². The maximum Gasteiger partial charge on any atom is 0.269 e. The highest BCUT2D eigenvalue weighted by Crippen LogP contribution is 2.34. The van der Waals surface area contributed by atoms with Crippen molar-refractivity contribution in [2.24, 2.45) is 7.05 Å². The molecule has 4 aromatic rings. The number of hydrogen-bond acceptors (Lipinski definition) is 7. The van der Waals surface area contributed by atoms with E-state index in [1.165, 1.54) is 0 Å². The molecule has 2 heterocycles. The van der Waals surface area contributed by atoms with Crippen LogP contribution in [0.3, 0.4) is 0 Å². The highest BCUT2D eigenvalue weighted by atomic mass is 32.2. The van der Waals surface area contributed by atoms with Crippen LogP contribution in [0.25, 0.3) is 22.3 Å². The zero-order valence-electron chi connectivity index (χ0n) is 21.6. The molecule has 0 saturated heterocycles. The molecular weight excluding hydrogens is 518 g/mol. The lowest BCUT2D eigenvalue weighted by Crippen LogP contribution is -2.31. The molecule has 1 atom stereocenters. The topological polar surface area (TPSA) is 123 Å². The number of halogens is 2. The largest absolute Gasteiger partial charge is 0.455 e. The number of sulfonamides is 1. The standard InChI is InChI=1S/C26H26F2N4O5S/c1-12-9-16(14(3)30-20-8-7-19(27)22(28)21(20)26(34)31-38(6,35)36)25-17(10-12)23(33)13(2)24(37-25)18-11-29-32(5)15(18)4/h7-11,14,30H,1-6H3,(H,31,34)/t14-/m1/s1. The van der Waals surface area contributed by atoms with Gasteiger partial charge in [0.2, 0.25) is 10.0 Å². The summed E-state index contributed by atoms with van der Waals surface area (Å²) in [5.74, 6) is -3.80. The monoisotopic (exact) mass is 544 g/mol. The summed E-state index contributed by atoms with van der Waals surface area (Å²) < 4.78 is 61.5. The van der Waals surface area contributed by atoms with Gasteiger partial charge in [-0.2, -0.15) is 5.10 Å². The summed E-state index contributed by atoms with van der Waals surface area (Å²) in [6, 6.07) is 4.74. The molecule has 0 bridgehead atoms. The number of anilines is 1. The molecule has 0 radical (unpaired) electrons. The zero-order chi connectivity index (χ0) is 28.1. The minimum absolute atomic E-state index is 0.148. The van der Waals surface area contributed by atoms with Gasteiger partial charge in [-0.25, -0.2) is 21.9 Å². The van der Waals surface area contributed by atoms with Gasteiger partial charge >= 0.3 is 0 Å². The molecule has 0 aliphatic heterocycles. The molecule has 12 heteroatoms. The van der Waals surface area contributed by atoms with Crippen LogP contribution >= 0.6 is 0 Å². The van der Waals surface area contributed by atoms with E-state index in [1.807, 2.05) is 6.92 Å². The summed E-state index contributed by atoms with van der Waals surface area (Å²) in [5, 5.41) is 7.51. The van der Waals surface area contributed by atoms with Crippen molar-refractivity contribution >= 4 is 32.6 Å². The first-order chi connectivity index (χ1) is 17.7. The first-order valence-corrected chi connectivity index (χ1v) is 13.4. The van der Waals surface area contributed by atoms with Gasteiger partial charge in [0.05, 0.1) is 35.1 Å². The Balaban J connectivity index is 1.88. The second kappa shape index (κ2) is 9.67. The summed E-state index contributed by atoms with van der Waals surface area (Å²) in [6.07, 6.45) is 2.33. The van der Waals surface area contributed by atoms with Gasteiger partial charge in [0.1, 0.15) is 16.9 Å². The number of nitrogens with zero attached hydrogens (tertiary/aromatic N) is 2. The predicted octanol–water partition coefficient (Wildman–Crippen LogP) is 4.26. The van der Waals surface area contributed by atoms with E-state index in [-0.39, 0.29) is 16.7 Å². The van der Waals surface area contributed by atoms with Gasteiger partial charge in [-0.05, 0) is 51.5 Å². The van der Waals surface area contributed by atoms with Crippen LogP contribution in [0.1, 0.15) is 45.7 Å². The van der Waals surface area contributed by atoms with Crippen LogP contribution in [0.5, 0.6) is 0 Å². The number of carbonyl (C=O) groups is 1. The lowest BCUT2D eigenvalue weighted by atomic mass is 9.98. The number of benzene rings is 2. The molecule has 0 spiro atoms. The third-order valence-electron chi connectivity index (χ3n) is 6.31. The molecule has 200 valence electrons. The SMILES string of the molecule is Cc1cc([C@@H](C)Nc2ccc(F)c(F)c2C(=O)NS(C)(=O)=O)c2oc(-c3cnn(C)c3C)c(C)c(=O)c2c1. The zero-order valence-corrected chi connectivity index (χ0v) is 22.4. The normalized spacial score (nSPS) is 12.5. The van der Waals surface area contributed by atoms with Crippen LogP contribution in [-0.2, 0) is 17.1 Å². The van der Waals surface area contributed by atoms with Gasteiger partial charge in [-0.3, -0.25) is 14.3 Å². The van der Waals surface area contributed by atoms with Crippen LogP contribution < -0.4 is 15.5 Å². The molecule has 1 amide bonds. The Bertz CT molecular complexity index is 1780. The van der Waals surface area contributed by atoms with Crippen LogP contribution in [0, 0.1) is 32.4 Å². The Kier molecular flexibility index (Phi) is 6.87. The fraction of sp³-hybridized carbons (Fsp3) is 0.269. The molecule has 38 heavy (non-hydrogen) atoms. The number of aromatic nitrogens is 2. The summed E-state index contributed by atoms with van der Waals surface area (Å²) in [7, 11) is -2.28. The molecule has 0 unspecified atom stereocenters. The average molecular weight is 545 g/mol. The lowest BCUT2D eigenvalue weighted by molar-refractivity contribution is 0.0977. The van der Waals surface area contributed by atoms with Crippen molar-refractivity contribution in [2.45, 2.75) is 33.7 Å². The van der Waals surface area contributed by atoms with Crippen molar-refractivity contribution in [3.8, 4) is 11.3 Å². The van der Waals surface area contributed by atoms with Gasteiger partial charge in [-0.15, -0.1) is 0 Å². The Morgan fingerprint density at radius 2 is 1.84 bits per heavy atom. The van der Waals surface area contributed by atoms with Crippen molar-refractivity contribution in [2.75, 3.05) is 11.6 Å². The predicted molar refractivity (Wildman–Crippen MR) is 140 cm³/mol. The number of hydrogen-bond donors (Lipinski definition) is 2. The number of aryl methyl sites for hydroxylation is 2. The number of carbonyl (C=O) groups excluding carboxylic acids is 1. The first-order valence-electron chi connectivity index (χ1n) is 11.5. The van der Waals surface area contributed by atoms with E-state index in [4.69, 9.17) is 4.42 Å². The molecule has 0 aliphatic carbocycles. The van der Waals surface area contributed by atoms with Gasteiger partial charge in [0.25, 0.3) is 5.91 Å². The van der Waals surface area contributed by atoms with Crippen molar-refractivity contribution in [1.29, 1.82) is 0 Å². The van der Waals surface area contributed by atoms with Crippen molar-refractivity contribution < 1.29 is 26.4 Å². The highest BCUT2D eigenvalue weighted by Gasteiger charge is 2.25. The fourth-order valence-electron chi connectivity index (χ4n) is 4.29. The fourth-order valence-corrected chi connectivity index (χ4v) is 4.73. The quantitative estimate of drug-likeness (QED) is 0.372. The van der Waals surface area contributed by atoms with Gasteiger partial charge in [0.15, 0.2) is 17.1 Å². The average Bonchev–Trinajstić information content (AvgIpc) is 3.15. The van der Waals surface area contributed by atoms with Crippen molar-refractivity contribution in [3.05, 3.63) is 80.3 Å². The summed E-state index contributed by atoms with van der Waals surface area (Å²) in [5.41, 5.74) is 2.20. The van der Waals surface area contributed by atoms with E-state index in [1.54, 1.807) is 55.6 Å². The van der Waals surface area contributed by atoms with Crippen LogP contribution in [0.15, 0.2) is 39.7 Å². The van der Waals surface area contributed by atoms with Crippen molar-refractivity contribution in [1.82, 2.24) is 14.5 Å². The summed E-state index contributed by atoms with van der Waals surface area (Å²) in [6.45, 7) is 7.00. The second-order valence-electron chi connectivity index (χ2n) is 9.24. The number of amides is 1. The van der Waals surface area contributed by atoms with Crippen molar-refractivity contribution in [3.63, 3.8) is 0 Å². The van der Waals surface area contributed by atoms with E-state index < -0.39 is 39.2 Å². The lowest BCUT2D eigenvalue weighted by Gasteiger charge is -2.21. The second-order valence-corrected chi connectivity index (χ2v) is 11.0. The van der Waals surface area contributed by atoms with Gasteiger partial charge in [-0.1, -0.05) is 6.07 Å². The molecule has 4 rings (SSSR count). The molecule has 0 saturated carbocycles. The minimum atomic E-state index is -4.05. The van der Waals surface area contributed by atoms with Crippen LogP contribution in [-0.4, -0.2) is 30.4 Å². The molecular formula is C26H26F2N4O5S. The number of nitrogens with one attached hydrogen (secondary N) is 2. The molecule has 2 aromatic heterocycles. The molecule has 0 fully saturated rings. The smallest absolute Gasteiger partial charge is 0.269 e. The first kappa shape index (κ1) is 27.0. The van der Waals surface area contributed by atoms with E-state index in [9.17, 15) is 26.8 Å². The molecule has 2 aromatic carbocycles. The van der Waals surface area contributed by atoms with Gasteiger partial charge in [0, 0.05) is 23.9 Å². The molecule has 0 aliphatic rings. The summed E-state index contributed by atoms with van der Waals surface area (Å²) in [4.78, 5) is 25.9. The van der Waals surface area contributed by atoms with E-state index >= 15 is 0 Å². The Morgan fingerprint density at radius 3 is 2.45 bits per heavy atom. The van der Waals surface area contributed by atoms with Crippen LogP contribution in [0.2, 0.25) is 0 Å².